The fourth-order valence-corrected chi connectivity index (χ4v) is 10.3. The topological polar surface area (TPSA) is 77.6 Å². The van der Waals surface area contributed by atoms with Crippen molar-refractivity contribution in [1.82, 2.24) is 24.9 Å². The first-order chi connectivity index (χ1) is 28.2. The number of furan rings is 1. The molecule has 5 heterocycles. The van der Waals surface area contributed by atoms with E-state index in [9.17, 15) is 0 Å². The van der Waals surface area contributed by atoms with Gasteiger partial charge in [-0.3, -0.25) is 0 Å². The molecule has 6 nitrogen and oxygen atoms in total. The van der Waals surface area contributed by atoms with Crippen molar-refractivity contribution in [1.29, 1.82) is 0 Å². The Kier molecular flexibility index (Phi) is 7.17. The molecule has 12 aromatic rings. The largest absolute Gasteiger partial charge is 0.455 e. The maximum atomic E-state index is 6.60. The third kappa shape index (κ3) is 5.12. The first kappa shape index (κ1) is 32.1. The molecule has 8 heteroatoms. The van der Waals surface area contributed by atoms with Crippen molar-refractivity contribution >= 4 is 85.1 Å². The van der Waals surface area contributed by atoms with Crippen molar-refractivity contribution < 1.29 is 4.42 Å². The molecule has 0 aliphatic heterocycles. The molecule has 5 aromatic heterocycles. The molecule has 0 aliphatic rings. The van der Waals surface area contributed by atoms with Crippen molar-refractivity contribution in [3.63, 3.8) is 0 Å². The van der Waals surface area contributed by atoms with Crippen LogP contribution in [0, 0.1) is 0 Å². The van der Waals surface area contributed by atoms with Crippen molar-refractivity contribution in [3.05, 3.63) is 164 Å². The average Bonchev–Trinajstić information content (AvgIpc) is 3.98. The number of rotatable bonds is 5. The van der Waals surface area contributed by atoms with Gasteiger partial charge in [-0.25, -0.2) is 24.9 Å². The molecular weight excluding hydrogens is 739 g/mol. The maximum absolute atomic E-state index is 6.60. The lowest BCUT2D eigenvalue weighted by Gasteiger charge is -2.11. The summed E-state index contributed by atoms with van der Waals surface area (Å²) >= 11 is 3.48. The monoisotopic (exact) mass is 765 g/mol. The zero-order valence-electron chi connectivity index (χ0n) is 30.0. The lowest BCUT2D eigenvalue weighted by atomic mass is 10.0. The average molecular weight is 766 g/mol. The fourth-order valence-electron chi connectivity index (χ4n) is 8.00. The van der Waals surface area contributed by atoms with Crippen LogP contribution in [0.15, 0.2) is 168 Å². The van der Waals surface area contributed by atoms with Crippen molar-refractivity contribution in [3.8, 4) is 56.8 Å². The van der Waals surface area contributed by atoms with Crippen LogP contribution < -0.4 is 0 Å². The van der Waals surface area contributed by atoms with Crippen LogP contribution in [-0.4, -0.2) is 24.9 Å². The summed E-state index contributed by atoms with van der Waals surface area (Å²) in [5.41, 5.74) is 8.14. The van der Waals surface area contributed by atoms with Crippen LogP contribution in [0.5, 0.6) is 0 Å². The predicted octanol–water partition coefficient (Wildman–Crippen LogP) is 13.6. The van der Waals surface area contributed by atoms with Gasteiger partial charge in [-0.2, -0.15) is 0 Å². The third-order valence-corrected chi connectivity index (χ3v) is 12.9. The standard InChI is InChI=1S/C49H27N5OS2/c1-3-14-28(15-4-1)46-52-47(29-16-5-2-6-17-29)54-49(53-46)34-22-13-27-39-41(34)40-33(21-12-26-38(40)56-39)48-50-42-32-19-8-10-25-37(32)57-45(42)43(51-48)35-23-11-20-31-30-18-7-9-24-36(30)55-44(31)35/h1-27H. The predicted molar refractivity (Wildman–Crippen MR) is 236 cm³/mol. The van der Waals surface area contributed by atoms with Crippen LogP contribution in [0.2, 0.25) is 0 Å². The number of aromatic nitrogens is 5. The van der Waals surface area contributed by atoms with E-state index in [2.05, 4.69) is 91.0 Å². The molecule has 0 amide bonds. The summed E-state index contributed by atoms with van der Waals surface area (Å²) in [7, 11) is 0. The van der Waals surface area contributed by atoms with Crippen molar-refractivity contribution in [2.45, 2.75) is 0 Å². The molecule has 0 saturated heterocycles. The molecule has 12 rings (SSSR count). The zero-order valence-corrected chi connectivity index (χ0v) is 31.7. The molecular formula is C49H27N5OS2. The van der Waals surface area contributed by atoms with E-state index < -0.39 is 0 Å². The molecule has 0 bridgehead atoms. The summed E-state index contributed by atoms with van der Waals surface area (Å²) in [5.74, 6) is 2.51. The zero-order chi connectivity index (χ0) is 37.5. The summed E-state index contributed by atoms with van der Waals surface area (Å²) in [4.78, 5) is 26.2. The van der Waals surface area contributed by atoms with E-state index in [-0.39, 0.29) is 0 Å². The lowest BCUT2D eigenvalue weighted by molar-refractivity contribution is 0.670. The van der Waals surface area contributed by atoms with Crippen LogP contribution in [-0.2, 0) is 0 Å². The summed E-state index contributed by atoms with van der Waals surface area (Å²) in [6.07, 6.45) is 0. The van der Waals surface area contributed by atoms with E-state index in [1.807, 2.05) is 72.8 Å². The van der Waals surface area contributed by atoms with E-state index in [1.165, 1.54) is 0 Å². The van der Waals surface area contributed by atoms with E-state index in [0.29, 0.717) is 23.3 Å². The summed E-state index contributed by atoms with van der Waals surface area (Å²) < 4.78 is 11.1. The lowest BCUT2D eigenvalue weighted by Crippen LogP contribution is -2.00. The number of thiophene rings is 2. The Morgan fingerprint density at radius 1 is 0.368 bits per heavy atom. The summed E-state index contributed by atoms with van der Waals surface area (Å²) in [6, 6.07) is 56.1. The second-order valence-corrected chi connectivity index (χ2v) is 16.1. The van der Waals surface area contributed by atoms with Gasteiger partial charge in [0, 0.05) is 68.8 Å². The summed E-state index contributed by atoms with van der Waals surface area (Å²) in [5, 5.41) is 5.40. The van der Waals surface area contributed by atoms with Gasteiger partial charge in [0.2, 0.25) is 0 Å². The Morgan fingerprint density at radius 2 is 0.895 bits per heavy atom. The smallest absolute Gasteiger partial charge is 0.164 e. The van der Waals surface area contributed by atoms with Crippen molar-refractivity contribution in [2.24, 2.45) is 0 Å². The Hall–Kier alpha value is -7.13. The molecule has 0 N–H and O–H groups in total. The molecule has 0 aliphatic carbocycles. The number of hydrogen-bond acceptors (Lipinski definition) is 8. The van der Waals surface area contributed by atoms with Gasteiger partial charge in [0.05, 0.1) is 15.9 Å². The van der Waals surface area contributed by atoms with Gasteiger partial charge >= 0.3 is 0 Å². The first-order valence-electron chi connectivity index (χ1n) is 18.7. The number of para-hydroxylation sites is 2. The normalized spacial score (nSPS) is 11.9. The molecule has 0 fully saturated rings. The quantitative estimate of drug-likeness (QED) is 0.174. The third-order valence-electron chi connectivity index (χ3n) is 10.6. The Labute approximate surface area is 333 Å². The van der Waals surface area contributed by atoms with Gasteiger partial charge in [0.15, 0.2) is 23.3 Å². The van der Waals surface area contributed by atoms with Gasteiger partial charge in [-0.05, 0) is 30.3 Å². The van der Waals surface area contributed by atoms with Crippen LogP contribution >= 0.6 is 22.7 Å². The number of nitrogens with zero attached hydrogens (tertiary/aromatic N) is 5. The minimum absolute atomic E-state index is 0.611. The Balaban J connectivity index is 1.14. The molecule has 0 spiro atoms. The number of fused-ring (bicyclic) bond motifs is 9. The fraction of sp³-hybridized carbons (Fsp3) is 0. The van der Waals surface area contributed by atoms with Gasteiger partial charge in [-0.1, -0.05) is 133 Å². The highest BCUT2D eigenvalue weighted by atomic mass is 32.1. The second-order valence-electron chi connectivity index (χ2n) is 14.0. The van der Waals surface area contributed by atoms with Crippen LogP contribution in [0.3, 0.4) is 0 Å². The van der Waals surface area contributed by atoms with Crippen molar-refractivity contribution in [2.75, 3.05) is 0 Å². The van der Waals surface area contributed by atoms with E-state index in [0.717, 1.165) is 95.9 Å². The van der Waals surface area contributed by atoms with Gasteiger partial charge < -0.3 is 4.42 Å². The van der Waals surface area contributed by atoms with Crippen LogP contribution in [0.1, 0.15) is 0 Å². The van der Waals surface area contributed by atoms with Gasteiger partial charge in [-0.15, -0.1) is 22.7 Å². The van der Waals surface area contributed by atoms with Gasteiger partial charge in [0.25, 0.3) is 0 Å². The SMILES string of the molecule is c1ccc(-c2nc(-c3ccccc3)nc(-c3cccc4sc5cccc(-c6nc(-c7cccc8c7oc7ccccc78)c7sc8ccccc8c7n6)c5c34)n2)cc1. The minimum Gasteiger partial charge on any atom is -0.455 e. The van der Waals surface area contributed by atoms with E-state index in [1.54, 1.807) is 22.7 Å². The number of hydrogen-bond donors (Lipinski definition) is 0. The molecule has 0 radical (unpaired) electrons. The van der Waals surface area contributed by atoms with Crippen LogP contribution in [0.25, 0.3) is 119 Å². The van der Waals surface area contributed by atoms with Gasteiger partial charge in [0.1, 0.15) is 11.2 Å². The molecule has 266 valence electrons. The van der Waals surface area contributed by atoms with E-state index >= 15 is 0 Å². The second kappa shape index (κ2) is 12.7. The Morgan fingerprint density at radius 3 is 1.60 bits per heavy atom. The minimum atomic E-state index is 0.611. The van der Waals surface area contributed by atoms with E-state index in [4.69, 9.17) is 29.3 Å². The highest BCUT2D eigenvalue weighted by molar-refractivity contribution is 7.26. The van der Waals surface area contributed by atoms with Crippen LogP contribution in [0.4, 0.5) is 0 Å². The molecule has 0 unspecified atom stereocenters. The highest BCUT2D eigenvalue weighted by Crippen LogP contribution is 2.46. The molecule has 0 saturated carbocycles. The number of benzene rings is 7. The molecule has 0 atom stereocenters. The molecule has 7 aromatic carbocycles. The highest BCUT2D eigenvalue weighted by Gasteiger charge is 2.24. The molecule has 57 heavy (non-hydrogen) atoms. The maximum Gasteiger partial charge on any atom is 0.164 e. The Bertz CT molecular complexity index is 3480. The first-order valence-corrected chi connectivity index (χ1v) is 20.3. The summed E-state index contributed by atoms with van der Waals surface area (Å²) in [6.45, 7) is 0.